The van der Waals surface area contributed by atoms with Crippen LogP contribution < -0.4 is 5.32 Å². The van der Waals surface area contributed by atoms with Gasteiger partial charge >= 0.3 is 0 Å². The van der Waals surface area contributed by atoms with Crippen molar-refractivity contribution in [1.82, 2.24) is 10.2 Å². The van der Waals surface area contributed by atoms with Crippen LogP contribution >= 0.6 is 23.2 Å². The van der Waals surface area contributed by atoms with Crippen LogP contribution in [0.25, 0.3) is 0 Å². The van der Waals surface area contributed by atoms with Crippen LogP contribution in [0.2, 0.25) is 10.0 Å². The number of rotatable bonds is 8. The van der Waals surface area contributed by atoms with E-state index in [4.69, 9.17) is 23.2 Å². The lowest BCUT2D eigenvalue weighted by Gasteiger charge is -2.31. The van der Waals surface area contributed by atoms with Crippen molar-refractivity contribution in [2.75, 3.05) is 20.6 Å². The highest BCUT2D eigenvalue weighted by Crippen LogP contribution is 2.19. The Labute approximate surface area is 133 Å². The van der Waals surface area contributed by atoms with Crippen molar-refractivity contribution in [2.45, 2.75) is 39.3 Å². The summed E-state index contributed by atoms with van der Waals surface area (Å²) in [7, 11) is 4.31. The highest BCUT2D eigenvalue weighted by Gasteiger charge is 2.19. The Kier molecular flexibility index (Phi) is 7.90. The van der Waals surface area contributed by atoms with Gasteiger partial charge in [0.2, 0.25) is 0 Å². The molecule has 0 spiro atoms. The molecule has 0 radical (unpaired) electrons. The molecule has 4 heteroatoms. The van der Waals surface area contributed by atoms with Gasteiger partial charge in [0.25, 0.3) is 0 Å². The van der Waals surface area contributed by atoms with Gasteiger partial charge in [0.15, 0.2) is 0 Å². The molecule has 0 saturated heterocycles. The lowest BCUT2D eigenvalue weighted by atomic mass is 9.93. The molecule has 0 aliphatic rings. The van der Waals surface area contributed by atoms with Crippen molar-refractivity contribution in [3.05, 3.63) is 33.8 Å². The van der Waals surface area contributed by atoms with Crippen LogP contribution in [0.1, 0.15) is 32.3 Å². The number of benzene rings is 1. The maximum atomic E-state index is 6.02. The highest BCUT2D eigenvalue weighted by molar-refractivity contribution is 6.34. The molecule has 1 aromatic rings. The Morgan fingerprint density at radius 2 is 1.60 bits per heavy atom. The summed E-state index contributed by atoms with van der Waals surface area (Å²) in [5, 5.41) is 4.91. The summed E-state index contributed by atoms with van der Waals surface area (Å²) in [6, 6.07) is 6.24. The molecule has 1 aromatic carbocycles. The van der Waals surface area contributed by atoms with Gasteiger partial charge in [0.1, 0.15) is 0 Å². The zero-order valence-electron chi connectivity index (χ0n) is 12.9. The molecule has 0 fully saturated rings. The molecule has 0 amide bonds. The average Bonchev–Trinajstić information content (AvgIpc) is 2.36. The summed E-state index contributed by atoms with van der Waals surface area (Å²) in [5.74, 6) is 0.723. The monoisotopic (exact) mass is 316 g/mol. The SMILES string of the molecule is CCC(CC)C(CNCc1cc(Cl)cc(Cl)c1)N(C)C. The van der Waals surface area contributed by atoms with E-state index in [-0.39, 0.29) is 0 Å². The summed E-state index contributed by atoms with van der Waals surface area (Å²) in [4.78, 5) is 2.32. The summed E-state index contributed by atoms with van der Waals surface area (Å²) >= 11 is 12.0. The van der Waals surface area contributed by atoms with Gasteiger partial charge in [-0.3, -0.25) is 0 Å². The van der Waals surface area contributed by atoms with Crippen molar-refractivity contribution in [3.63, 3.8) is 0 Å². The fourth-order valence-electron chi connectivity index (χ4n) is 2.68. The number of hydrogen-bond acceptors (Lipinski definition) is 2. The van der Waals surface area contributed by atoms with Gasteiger partial charge in [-0.15, -0.1) is 0 Å². The normalized spacial score (nSPS) is 13.2. The zero-order valence-corrected chi connectivity index (χ0v) is 14.4. The van der Waals surface area contributed by atoms with E-state index in [2.05, 4.69) is 38.2 Å². The summed E-state index contributed by atoms with van der Waals surface area (Å²) < 4.78 is 0. The quantitative estimate of drug-likeness (QED) is 0.762. The second-order valence-corrected chi connectivity index (χ2v) is 6.39. The van der Waals surface area contributed by atoms with Gasteiger partial charge in [-0.1, -0.05) is 49.9 Å². The summed E-state index contributed by atoms with van der Waals surface area (Å²) in [6.07, 6.45) is 2.42. The first-order valence-electron chi connectivity index (χ1n) is 7.30. The van der Waals surface area contributed by atoms with E-state index in [1.807, 2.05) is 12.1 Å². The van der Waals surface area contributed by atoms with Crippen LogP contribution in [0.5, 0.6) is 0 Å². The molecule has 2 nitrogen and oxygen atoms in total. The van der Waals surface area contributed by atoms with Crippen LogP contribution in [0.15, 0.2) is 18.2 Å². The fraction of sp³-hybridized carbons (Fsp3) is 0.625. The van der Waals surface area contributed by atoms with E-state index in [0.717, 1.165) is 24.6 Å². The van der Waals surface area contributed by atoms with Crippen LogP contribution in [0.4, 0.5) is 0 Å². The molecule has 0 bridgehead atoms. The number of hydrogen-bond donors (Lipinski definition) is 1. The topological polar surface area (TPSA) is 15.3 Å². The minimum absolute atomic E-state index is 0.555. The van der Waals surface area contributed by atoms with E-state index in [0.29, 0.717) is 16.1 Å². The molecule has 0 aromatic heterocycles. The van der Waals surface area contributed by atoms with E-state index in [9.17, 15) is 0 Å². The van der Waals surface area contributed by atoms with Gasteiger partial charge in [-0.05, 0) is 43.8 Å². The van der Waals surface area contributed by atoms with Gasteiger partial charge in [-0.25, -0.2) is 0 Å². The highest BCUT2D eigenvalue weighted by atomic mass is 35.5. The molecule has 114 valence electrons. The average molecular weight is 317 g/mol. The van der Waals surface area contributed by atoms with E-state index in [1.165, 1.54) is 12.8 Å². The number of nitrogens with zero attached hydrogens (tertiary/aromatic N) is 1. The third-order valence-corrected chi connectivity index (χ3v) is 4.30. The Morgan fingerprint density at radius 1 is 1.05 bits per heavy atom. The fourth-order valence-corrected chi connectivity index (χ4v) is 3.25. The van der Waals surface area contributed by atoms with Crippen LogP contribution in [-0.2, 0) is 6.54 Å². The van der Waals surface area contributed by atoms with Crippen LogP contribution in [0, 0.1) is 5.92 Å². The minimum Gasteiger partial charge on any atom is -0.311 e. The zero-order chi connectivity index (χ0) is 15.1. The second kappa shape index (κ2) is 8.89. The van der Waals surface area contributed by atoms with E-state index >= 15 is 0 Å². The number of nitrogens with one attached hydrogen (secondary N) is 1. The lowest BCUT2D eigenvalue weighted by molar-refractivity contribution is 0.194. The van der Waals surface area contributed by atoms with Crippen LogP contribution in [0.3, 0.4) is 0 Å². The van der Waals surface area contributed by atoms with Gasteiger partial charge in [0, 0.05) is 29.2 Å². The molecule has 0 heterocycles. The molecule has 0 aliphatic heterocycles. The van der Waals surface area contributed by atoms with Crippen molar-refractivity contribution in [3.8, 4) is 0 Å². The van der Waals surface area contributed by atoms with Crippen LogP contribution in [-0.4, -0.2) is 31.6 Å². The van der Waals surface area contributed by atoms with Crippen molar-refractivity contribution in [1.29, 1.82) is 0 Å². The first kappa shape index (κ1) is 17.8. The smallest absolute Gasteiger partial charge is 0.0424 e. The van der Waals surface area contributed by atoms with Crippen molar-refractivity contribution >= 4 is 23.2 Å². The third-order valence-electron chi connectivity index (χ3n) is 3.86. The van der Waals surface area contributed by atoms with Crippen molar-refractivity contribution in [2.24, 2.45) is 5.92 Å². The summed E-state index contributed by atoms with van der Waals surface area (Å²) in [5.41, 5.74) is 1.13. The first-order chi connectivity index (χ1) is 9.47. The predicted octanol–water partition coefficient (Wildman–Crippen LogP) is 4.45. The molecular weight excluding hydrogens is 291 g/mol. The Balaban J connectivity index is 2.55. The van der Waals surface area contributed by atoms with Gasteiger partial charge in [0.05, 0.1) is 0 Å². The maximum absolute atomic E-state index is 6.02. The predicted molar refractivity (Wildman–Crippen MR) is 89.7 cm³/mol. The Hall–Kier alpha value is -0.280. The molecule has 20 heavy (non-hydrogen) atoms. The first-order valence-corrected chi connectivity index (χ1v) is 8.05. The molecule has 1 rings (SSSR count). The molecule has 1 unspecified atom stereocenters. The van der Waals surface area contributed by atoms with Gasteiger partial charge < -0.3 is 10.2 Å². The Bertz CT molecular complexity index is 383. The molecule has 0 saturated carbocycles. The molecular formula is C16H26Cl2N2. The van der Waals surface area contributed by atoms with Gasteiger partial charge in [-0.2, -0.15) is 0 Å². The van der Waals surface area contributed by atoms with E-state index < -0.39 is 0 Å². The third kappa shape index (κ3) is 5.61. The molecule has 1 atom stereocenters. The standard InChI is InChI=1S/C16H26Cl2N2/c1-5-13(6-2)16(20(3)4)11-19-10-12-7-14(17)9-15(18)8-12/h7-9,13,16,19H,5-6,10-11H2,1-4H3. The summed E-state index contributed by atoms with van der Waals surface area (Å²) in [6.45, 7) is 6.30. The second-order valence-electron chi connectivity index (χ2n) is 5.52. The number of halogens is 2. The molecule has 0 aliphatic carbocycles. The number of likely N-dealkylation sites (N-methyl/N-ethyl adjacent to an activating group) is 1. The molecule has 1 N–H and O–H groups in total. The lowest BCUT2D eigenvalue weighted by Crippen LogP contribution is -2.42. The maximum Gasteiger partial charge on any atom is 0.0424 e. The van der Waals surface area contributed by atoms with Crippen molar-refractivity contribution < 1.29 is 0 Å². The minimum atomic E-state index is 0.555. The Morgan fingerprint density at radius 3 is 2.05 bits per heavy atom. The van der Waals surface area contributed by atoms with E-state index in [1.54, 1.807) is 6.07 Å². The largest absolute Gasteiger partial charge is 0.311 e.